The highest BCUT2D eigenvalue weighted by Gasteiger charge is 2.26. The summed E-state index contributed by atoms with van der Waals surface area (Å²) < 4.78 is 1.83. The molecule has 0 bridgehead atoms. The van der Waals surface area contributed by atoms with E-state index in [9.17, 15) is 9.90 Å². The Kier molecular flexibility index (Phi) is 5.38. The first kappa shape index (κ1) is 20.9. The zero-order valence-electron chi connectivity index (χ0n) is 18.6. The van der Waals surface area contributed by atoms with Gasteiger partial charge >= 0.3 is 5.97 Å². The van der Waals surface area contributed by atoms with Gasteiger partial charge in [-0.1, -0.05) is 13.0 Å². The largest absolute Gasteiger partial charge is 0.478 e. The maximum absolute atomic E-state index is 12.2. The molecule has 0 radical (unpaired) electrons. The van der Waals surface area contributed by atoms with E-state index in [4.69, 9.17) is 5.10 Å². The molecule has 1 aromatic carbocycles. The van der Waals surface area contributed by atoms with Crippen molar-refractivity contribution in [2.24, 2.45) is 0 Å². The van der Waals surface area contributed by atoms with Gasteiger partial charge in [0.15, 0.2) is 0 Å². The maximum atomic E-state index is 12.2. The first-order valence-corrected chi connectivity index (χ1v) is 11.1. The predicted octanol–water partition coefficient (Wildman–Crippen LogP) is 5.52. The molecule has 0 saturated heterocycles. The summed E-state index contributed by atoms with van der Waals surface area (Å²) in [5, 5.41) is 18.3. The number of carboxylic acid groups (broad SMARTS) is 1. The summed E-state index contributed by atoms with van der Waals surface area (Å²) in [6.07, 6.45) is 8.19. The average Bonchev–Trinajstić information content (AvgIpc) is 3.62. The molecule has 1 saturated carbocycles. The lowest BCUT2D eigenvalue weighted by Gasteiger charge is -2.16. The second-order valence-electron chi connectivity index (χ2n) is 8.29. The van der Waals surface area contributed by atoms with Crippen LogP contribution in [0.4, 0.5) is 11.5 Å². The fourth-order valence-electron chi connectivity index (χ4n) is 4.17. The summed E-state index contributed by atoms with van der Waals surface area (Å²) in [5.41, 5.74) is 6.32. The van der Waals surface area contributed by atoms with Crippen LogP contribution in [0.3, 0.4) is 0 Å². The van der Waals surface area contributed by atoms with Crippen molar-refractivity contribution in [1.82, 2.24) is 19.7 Å². The summed E-state index contributed by atoms with van der Waals surface area (Å²) in [6.45, 7) is 4.00. The van der Waals surface area contributed by atoms with Crippen molar-refractivity contribution in [3.63, 3.8) is 0 Å². The molecule has 1 fully saturated rings. The molecular formula is C26H25N5O2. The Labute approximate surface area is 192 Å². The molecule has 0 spiro atoms. The van der Waals surface area contributed by atoms with Crippen LogP contribution in [-0.2, 0) is 6.42 Å². The normalized spacial score (nSPS) is 13.2. The molecule has 4 aromatic rings. The van der Waals surface area contributed by atoms with Crippen LogP contribution in [0.2, 0.25) is 0 Å². The summed E-state index contributed by atoms with van der Waals surface area (Å²) >= 11 is 0. The Morgan fingerprint density at radius 2 is 1.94 bits per heavy atom. The molecular weight excluding hydrogens is 414 g/mol. The molecule has 2 N–H and O–H groups in total. The zero-order valence-corrected chi connectivity index (χ0v) is 18.6. The molecule has 5 rings (SSSR count). The van der Waals surface area contributed by atoms with Crippen molar-refractivity contribution in [3.8, 4) is 16.8 Å². The quantitative estimate of drug-likeness (QED) is 0.394. The standard InChI is InChI=1S/C26H25N5O2/c1-3-21-24(18-10-13-27-14-11-18)25(31(30-21)23-5-4-12-28-16(23)2)29-22-9-8-19(17-6-7-17)15-20(22)26(32)33/h4-5,8-15,17,29H,3,6-7H2,1-2H3,(H,32,33). The van der Waals surface area contributed by atoms with Gasteiger partial charge in [0.1, 0.15) is 5.82 Å². The first-order valence-electron chi connectivity index (χ1n) is 11.1. The van der Waals surface area contributed by atoms with Gasteiger partial charge in [0, 0.05) is 24.2 Å². The molecule has 0 atom stereocenters. The number of carbonyl (C=O) groups is 1. The summed E-state index contributed by atoms with van der Waals surface area (Å²) in [4.78, 5) is 20.7. The van der Waals surface area contributed by atoms with E-state index in [1.54, 1.807) is 24.7 Å². The summed E-state index contributed by atoms with van der Waals surface area (Å²) in [6, 6.07) is 13.4. The van der Waals surface area contributed by atoms with Crippen molar-refractivity contribution in [2.45, 2.75) is 39.0 Å². The van der Waals surface area contributed by atoms with E-state index in [0.29, 0.717) is 23.8 Å². The number of anilines is 2. The number of hydrogen-bond acceptors (Lipinski definition) is 5. The van der Waals surface area contributed by atoms with Crippen molar-refractivity contribution in [3.05, 3.63) is 83.6 Å². The summed E-state index contributed by atoms with van der Waals surface area (Å²) in [5.74, 6) is 0.223. The molecule has 7 nitrogen and oxygen atoms in total. The highest BCUT2D eigenvalue weighted by molar-refractivity contribution is 5.96. The van der Waals surface area contributed by atoms with Crippen molar-refractivity contribution in [1.29, 1.82) is 0 Å². The van der Waals surface area contributed by atoms with Crippen molar-refractivity contribution in [2.75, 3.05) is 5.32 Å². The van der Waals surface area contributed by atoms with Gasteiger partial charge in [-0.2, -0.15) is 5.10 Å². The van der Waals surface area contributed by atoms with Gasteiger partial charge < -0.3 is 10.4 Å². The zero-order chi connectivity index (χ0) is 22.9. The topological polar surface area (TPSA) is 92.9 Å². The number of nitrogens with zero attached hydrogens (tertiary/aromatic N) is 4. The predicted molar refractivity (Wildman–Crippen MR) is 127 cm³/mol. The van der Waals surface area contributed by atoms with E-state index >= 15 is 0 Å². The molecule has 33 heavy (non-hydrogen) atoms. The smallest absolute Gasteiger partial charge is 0.337 e. The van der Waals surface area contributed by atoms with Crippen LogP contribution in [0.25, 0.3) is 16.8 Å². The number of aromatic nitrogens is 4. The third kappa shape index (κ3) is 3.98. The van der Waals surface area contributed by atoms with Crippen LogP contribution in [-0.4, -0.2) is 30.8 Å². The first-order chi connectivity index (χ1) is 16.1. The number of pyridine rings is 2. The monoisotopic (exact) mass is 439 g/mol. The number of carboxylic acids is 1. The number of aromatic carboxylic acids is 1. The van der Waals surface area contributed by atoms with Gasteiger partial charge in [-0.05, 0) is 79.6 Å². The number of aryl methyl sites for hydroxylation is 2. The number of nitrogens with one attached hydrogen (secondary N) is 1. The van der Waals surface area contributed by atoms with Crippen LogP contribution in [0.5, 0.6) is 0 Å². The van der Waals surface area contributed by atoms with E-state index in [1.807, 2.05) is 48.0 Å². The Morgan fingerprint density at radius 3 is 2.61 bits per heavy atom. The van der Waals surface area contributed by atoms with Crippen molar-refractivity contribution >= 4 is 17.5 Å². The third-order valence-corrected chi connectivity index (χ3v) is 6.04. The van der Waals surface area contributed by atoms with Gasteiger partial charge in [0.2, 0.25) is 0 Å². The molecule has 1 aliphatic carbocycles. The summed E-state index contributed by atoms with van der Waals surface area (Å²) in [7, 11) is 0. The number of rotatable bonds is 7. The van der Waals surface area contributed by atoms with E-state index in [-0.39, 0.29) is 5.56 Å². The minimum absolute atomic E-state index is 0.258. The Hall–Kier alpha value is -4.00. The molecule has 0 amide bonds. The number of hydrogen-bond donors (Lipinski definition) is 2. The highest BCUT2D eigenvalue weighted by atomic mass is 16.4. The Morgan fingerprint density at radius 1 is 1.15 bits per heavy atom. The molecule has 7 heteroatoms. The second kappa shape index (κ2) is 8.50. The van der Waals surface area contributed by atoms with Gasteiger partial charge in [-0.3, -0.25) is 9.97 Å². The fourth-order valence-corrected chi connectivity index (χ4v) is 4.17. The average molecular weight is 440 g/mol. The Bertz CT molecular complexity index is 1330. The molecule has 1 aliphatic rings. The van der Waals surface area contributed by atoms with E-state index in [1.165, 1.54) is 0 Å². The van der Waals surface area contributed by atoms with Crippen LogP contribution < -0.4 is 5.32 Å². The molecule has 3 heterocycles. The number of benzene rings is 1. The highest BCUT2D eigenvalue weighted by Crippen LogP contribution is 2.42. The molecule has 0 unspecified atom stereocenters. The lowest BCUT2D eigenvalue weighted by molar-refractivity contribution is 0.0698. The fraction of sp³-hybridized carbons (Fsp3) is 0.231. The molecule has 166 valence electrons. The van der Waals surface area contributed by atoms with E-state index in [2.05, 4.69) is 22.2 Å². The minimum Gasteiger partial charge on any atom is -0.478 e. The molecule has 0 aliphatic heterocycles. The van der Waals surface area contributed by atoms with Gasteiger partial charge in [0.25, 0.3) is 0 Å². The Balaban J connectivity index is 1.71. The van der Waals surface area contributed by atoms with E-state index in [0.717, 1.165) is 46.6 Å². The van der Waals surface area contributed by atoms with E-state index < -0.39 is 5.97 Å². The molecule has 3 aromatic heterocycles. The SMILES string of the molecule is CCc1nn(-c2cccnc2C)c(Nc2ccc(C3CC3)cc2C(=O)O)c1-c1ccncc1. The van der Waals surface area contributed by atoms with Gasteiger partial charge in [0.05, 0.1) is 28.3 Å². The van der Waals surface area contributed by atoms with Gasteiger partial charge in [-0.15, -0.1) is 0 Å². The van der Waals surface area contributed by atoms with Crippen LogP contribution in [0.15, 0.2) is 61.1 Å². The third-order valence-electron chi connectivity index (χ3n) is 6.04. The lowest BCUT2D eigenvalue weighted by Crippen LogP contribution is -2.09. The van der Waals surface area contributed by atoms with Crippen LogP contribution >= 0.6 is 0 Å². The van der Waals surface area contributed by atoms with Crippen LogP contribution in [0, 0.1) is 6.92 Å². The van der Waals surface area contributed by atoms with Crippen LogP contribution in [0.1, 0.15) is 53.0 Å². The van der Waals surface area contributed by atoms with Gasteiger partial charge in [-0.25, -0.2) is 9.48 Å². The second-order valence-corrected chi connectivity index (χ2v) is 8.29. The van der Waals surface area contributed by atoms with Crippen molar-refractivity contribution < 1.29 is 9.90 Å². The maximum Gasteiger partial charge on any atom is 0.337 e. The lowest BCUT2D eigenvalue weighted by atomic mass is 10.0. The minimum atomic E-state index is -0.954.